The molecule has 1 fully saturated rings. The van der Waals surface area contributed by atoms with E-state index in [1.807, 2.05) is 0 Å². The Balaban J connectivity index is 2.15. The number of halogens is 2. The Morgan fingerprint density at radius 3 is 2.65 bits per heavy atom. The van der Waals surface area contributed by atoms with Crippen LogP contribution < -0.4 is 5.73 Å². The summed E-state index contributed by atoms with van der Waals surface area (Å²) in [4.78, 5) is 14.1. The van der Waals surface area contributed by atoms with E-state index in [-0.39, 0.29) is 18.3 Å². The first-order chi connectivity index (χ1) is 9.50. The molecule has 1 aromatic rings. The van der Waals surface area contributed by atoms with Crippen LogP contribution in [0.1, 0.15) is 31.2 Å². The van der Waals surface area contributed by atoms with E-state index in [4.69, 9.17) is 17.3 Å². The van der Waals surface area contributed by atoms with Gasteiger partial charge in [-0.15, -0.1) is 0 Å². The predicted octanol–water partition coefficient (Wildman–Crippen LogP) is 2.96. The molecule has 1 aliphatic carbocycles. The van der Waals surface area contributed by atoms with E-state index in [0.717, 1.165) is 25.7 Å². The second kappa shape index (κ2) is 6.10. The molecule has 0 aliphatic heterocycles. The van der Waals surface area contributed by atoms with Gasteiger partial charge in [0.05, 0.1) is 5.41 Å². The van der Waals surface area contributed by atoms with Gasteiger partial charge in [-0.25, -0.2) is 4.39 Å². The van der Waals surface area contributed by atoms with Gasteiger partial charge in [0.25, 0.3) is 0 Å². The smallest absolute Gasteiger partial charge is 0.230 e. The van der Waals surface area contributed by atoms with Crippen molar-refractivity contribution in [2.45, 2.75) is 32.2 Å². The summed E-state index contributed by atoms with van der Waals surface area (Å²) in [5.74, 6) is -0.387. The number of nitrogens with zero attached hydrogens (tertiary/aromatic N) is 1. The third kappa shape index (κ3) is 2.81. The van der Waals surface area contributed by atoms with Gasteiger partial charge in [-0.1, -0.05) is 30.5 Å². The zero-order chi connectivity index (χ0) is 14.8. The van der Waals surface area contributed by atoms with Gasteiger partial charge in [0.2, 0.25) is 5.91 Å². The quantitative estimate of drug-likeness (QED) is 0.929. The highest BCUT2D eigenvalue weighted by atomic mass is 35.5. The Morgan fingerprint density at radius 2 is 2.10 bits per heavy atom. The lowest BCUT2D eigenvalue weighted by atomic mass is 9.84. The van der Waals surface area contributed by atoms with Crippen LogP contribution >= 0.6 is 11.6 Å². The Bertz CT molecular complexity index is 480. The number of carbonyl (C=O) groups is 1. The van der Waals surface area contributed by atoms with Crippen molar-refractivity contribution in [3.8, 4) is 0 Å². The zero-order valence-corrected chi connectivity index (χ0v) is 12.4. The maximum atomic E-state index is 13.8. The molecular formula is C15H20ClFN2O. The molecule has 2 rings (SSSR count). The first-order valence-electron chi connectivity index (χ1n) is 6.89. The van der Waals surface area contributed by atoms with Gasteiger partial charge in [-0.2, -0.15) is 0 Å². The number of rotatable bonds is 4. The molecule has 0 unspecified atom stereocenters. The van der Waals surface area contributed by atoms with Crippen molar-refractivity contribution >= 4 is 17.5 Å². The third-order valence-electron chi connectivity index (χ3n) is 4.21. The number of nitrogens with two attached hydrogens (primary N) is 1. The molecule has 1 aliphatic rings. The standard InChI is InChI=1S/C15H20ClFN2O/c1-19(9-11-12(16)5-4-6-13(11)17)14(20)15(10-18)7-2-3-8-15/h4-6H,2-3,7-10,18H2,1H3. The highest BCUT2D eigenvalue weighted by Gasteiger charge is 2.41. The molecule has 0 heterocycles. The summed E-state index contributed by atoms with van der Waals surface area (Å²) in [6, 6.07) is 4.54. The van der Waals surface area contributed by atoms with Crippen molar-refractivity contribution in [1.82, 2.24) is 4.90 Å². The summed E-state index contributed by atoms with van der Waals surface area (Å²) in [6.45, 7) is 0.521. The highest BCUT2D eigenvalue weighted by molar-refractivity contribution is 6.31. The summed E-state index contributed by atoms with van der Waals surface area (Å²) in [7, 11) is 1.68. The van der Waals surface area contributed by atoms with Gasteiger partial charge >= 0.3 is 0 Å². The fourth-order valence-corrected chi connectivity index (χ4v) is 3.18. The Hall–Kier alpha value is -1.13. The first-order valence-corrected chi connectivity index (χ1v) is 7.26. The average Bonchev–Trinajstić information content (AvgIpc) is 2.92. The monoisotopic (exact) mass is 298 g/mol. The van der Waals surface area contributed by atoms with Gasteiger partial charge in [0.15, 0.2) is 0 Å². The zero-order valence-electron chi connectivity index (χ0n) is 11.7. The third-order valence-corrected chi connectivity index (χ3v) is 4.56. The summed E-state index contributed by atoms with van der Waals surface area (Å²) in [6.07, 6.45) is 3.68. The van der Waals surface area contributed by atoms with E-state index < -0.39 is 5.41 Å². The van der Waals surface area contributed by atoms with E-state index >= 15 is 0 Å². The lowest BCUT2D eigenvalue weighted by Crippen LogP contribution is -2.44. The summed E-state index contributed by atoms with van der Waals surface area (Å²) in [5, 5.41) is 0.345. The maximum absolute atomic E-state index is 13.8. The molecule has 0 atom stereocenters. The Kier molecular flexibility index (Phi) is 4.66. The second-order valence-electron chi connectivity index (χ2n) is 5.55. The molecule has 2 N–H and O–H groups in total. The van der Waals surface area contributed by atoms with Crippen molar-refractivity contribution in [3.05, 3.63) is 34.6 Å². The normalized spacial score (nSPS) is 17.2. The van der Waals surface area contributed by atoms with E-state index in [0.29, 0.717) is 17.1 Å². The maximum Gasteiger partial charge on any atom is 0.230 e. The number of amides is 1. The molecular weight excluding hydrogens is 279 g/mol. The van der Waals surface area contributed by atoms with Crippen molar-refractivity contribution in [2.75, 3.05) is 13.6 Å². The van der Waals surface area contributed by atoms with Crippen LogP contribution in [0.2, 0.25) is 5.02 Å². The topological polar surface area (TPSA) is 46.3 Å². The molecule has 3 nitrogen and oxygen atoms in total. The lowest BCUT2D eigenvalue weighted by Gasteiger charge is -2.31. The van der Waals surface area contributed by atoms with Gasteiger partial charge in [0, 0.05) is 30.7 Å². The summed E-state index contributed by atoms with van der Waals surface area (Å²) >= 11 is 6.00. The Labute approximate surface area is 123 Å². The van der Waals surface area contributed by atoms with Crippen LogP contribution in [-0.4, -0.2) is 24.4 Å². The van der Waals surface area contributed by atoms with E-state index in [9.17, 15) is 9.18 Å². The number of hydrogen-bond donors (Lipinski definition) is 1. The Morgan fingerprint density at radius 1 is 1.45 bits per heavy atom. The first kappa shape index (κ1) is 15.3. The molecule has 0 saturated heterocycles. The minimum atomic E-state index is -0.466. The summed E-state index contributed by atoms with van der Waals surface area (Å²) < 4.78 is 13.8. The number of carbonyl (C=O) groups excluding carboxylic acids is 1. The molecule has 20 heavy (non-hydrogen) atoms. The molecule has 0 aromatic heterocycles. The van der Waals surface area contributed by atoms with Crippen molar-refractivity contribution in [3.63, 3.8) is 0 Å². The van der Waals surface area contributed by atoms with Crippen molar-refractivity contribution < 1.29 is 9.18 Å². The van der Waals surface area contributed by atoms with Crippen LogP contribution in [0.4, 0.5) is 4.39 Å². The van der Waals surface area contributed by atoms with Gasteiger partial charge < -0.3 is 10.6 Å². The minimum absolute atomic E-state index is 0.00294. The molecule has 1 aromatic carbocycles. The fraction of sp³-hybridized carbons (Fsp3) is 0.533. The average molecular weight is 299 g/mol. The molecule has 0 spiro atoms. The second-order valence-corrected chi connectivity index (χ2v) is 5.96. The van der Waals surface area contributed by atoms with Gasteiger partial charge in [-0.3, -0.25) is 4.79 Å². The summed E-state index contributed by atoms with van der Waals surface area (Å²) in [5.41, 5.74) is 5.70. The van der Waals surface area contributed by atoms with Gasteiger partial charge in [-0.05, 0) is 25.0 Å². The molecule has 1 amide bonds. The van der Waals surface area contributed by atoms with E-state index in [1.54, 1.807) is 24.1 Å². The molecule has 1 saturated carbocycles. The molecule has 0 radical (unpaired) electrons. The van der Waals surface area contributed by atoms with E-state index in [2.05, 4.69) is 0 Å². The largest absolute Gasteiger partial charge is 0.341 e. The fourth-order valence-electron chi connectivity index (χ4n) is 2.95. The molecule has 110 valence electrons. The van der Waals surface area contributed by atoms with Crippen molar-refractivity contribution in [1.29, 1.82) is 0 Å². The molecule has 5 heteroatoms. The minimum Gasteiger partial charge on any atom is -0.341 e. The van der Waals surface area contributed by atoms with Crippen LogP contribution in [0, 0.1) is 11.2 Å². The van der Waals surface area contributed by atoms with Crippen LogP contribution in [0.15, 0.2) is 18.2 Å². The van der Waals surface area contributed by atoms with Crippen LogP contribution in [0.5, 0.6) is 0 Å². The van der Waals surface area contributed by atoms with Crippen LogP contribution in [-0.2, 0) is 11.3 Å². The van der Waals surface area contributed by atoms with E-state index in [1.165, 1.54) is 6.07 Å². The number of benzene rings is 1. The van der Waals surface area contributed by atoms with Gasteiger partial charge in [0.1, 0.15) is 5.82 Å². The molecule has 0 bridgehead atoms. The SMILES string of the molecule is CN(Cc1c(F)cccc1Cl)C(=O)C1(CN)CCCC1. The number of hydrogen-bond acceptors (Lipinski definition) is 2. The van der Waals surface area contributed by atoms with Crippen LogP contribution in [0.3, 0.4) is 0 Å². The predicted molar refractivity (Wildman–Crippen MR) is 77.8 cm³/mol. The van der Waals surface area contributed by atoms with Crippen LogP contribution in [0.25, 0.3) is 0 Å². The highest BCUT2D eigenvalue weighted by Crippen LogP contribution is 2.39. The van der Waals surface area contributed by atoms with Crippen molar-refractivity contribution in [2.24, 2.45) is 11.1 Å². The lowest BCUT2D eigenvalue weighted by molar-refractivity contribution is -0.140.